The quantitative estimate of drug-likeness (QED) is 0.683. The number of carbonyl (C=O) groups is 2. The lowest BCUT2D eigenvalue weighted by molar-refractivity contribution is -0.143. The normalized spacial score (nSPS) is 34.6. The molecule has 2 rings (SSSR count). The highest BCUT2D eigenvalue weighted by Gasteiger charge is 2.52. The van der Waals surface area contributed by atoms with Gasteiger partial charge in [0.2, 0.25) is 0 Å². The van der Waals surface area contributed by atoms with Crippen molar-refractivity contribution in [2.75, 3.05) is 6.54 Å². The Morgan fingerprint density at radius 1 is 1.35 bits per heavy atom. The van der Waals surface area contributed by atoms with E-state index in [1.54, 1.807) is 4.90 Å². The van der Waals surface area contributed by atoms with Gasteiger partial charge in [0, 0.05) is 23.9 Å². The summed E-state index contributed by atoms with van der Waals surface area (Å²) in [5.41, 5.74) is -0.871. The Labute approximate surface area is 121 Å². The Morgan fingerprint density at radius 2 is 2.00 bits per heavy atom. The van der Waals surface area contributed by atoms with E-state index in [4.69, 9.17) is 4.74 Å². The molecule has 1 aliphatic heterocycles. The Morgan fingerprint density at radius 3 is 2.60 bits per heavy atom. The minimum Gasteiger partial charge on any atom is -0.444 e. The average Bonchev–Trinajstić information content (AvgIpc) is 2.32. The van der Waals surface area contributed by atoms with Crippen LogP contribution in [0, 0.1) is 11.3 Å². The number of rotatable bonds is 0. The van der Waals surface area contributed by atoms with Crippen molar-refractivity contribution in [3.8, 4) is 0 Å². The van der Waals surface area contributed by atoms with Gasteiger partial charge < -0.3 is 9.64 Å². The Kier molecular flexibility index (Phi) is 3.87. The molecule has 20 heavy (non-hydrogen) atoms. The highest BCUT2D eigenvalue weighted by molar-refractivity contribution is 5.89. The van der Waals surface area contributed by atoms with Crippen molar-refractivity contribution in [1.82, 2.24) is 4.90 Å². The zero-order valence-electron chi connectivity index (χ0n) is 13.4. The van der Waals surface area contributed by atoms with Crippen LogP contribution >= 0.6 is 0 Å². The van der Waals surface area contributed by atoms with Gasteiger partial charge in [-0.15, -0.1) is 0 Å². The third-order valence-corrected chi connectivity index (χ3v) is 4.72. The fraction of sp³-hybridized carbons (Fsp3) is 0.875. The van der Waals surface area contributed by atoms with Crippen LogP contribution in [-0.2, 0) is 9.53 Å². The maximum Gasteiger partial charge on any atom is 0.410 e. The zero-order valence-corrected chi connectivity index (χ0v) is 13.4. The smallest absolute Gasteiger partial charge is 0.410 e. The second-order valence-corrected chi connectivity index (χ2v) is 7.55. The molecule has 0 spiro atoms. The van der Waals surface area contributed by atoms with Gasteiger partial charge in [-0.1, -0.05) is 13.8 Å². The Hall–Kier alpha value is -1.06. The number of ketones is 1. The molecule has 4 nitrogen and oxygen atoms in total. The first-order chi connectivity index (χ1) is 9.15. The average molecular weight is 281 g/mol. The third-order valence-electron chi connectivity index (χ3n) is 4.72. The third kappa shape index (κ3) is 2.70. The zero-order chi connectivity index (χ0) is 15.1. The van der Waals surface area contributed by atoms with Crippen LogP contribution in [-0.4, -0.2) is 35.0 Å². The molecule has 0 aromatic heterocycles. The fourth-order valence-corrected chi connectivity index (χ4v) is 3.69. The monoisotopic (exact) mass is 281 g/mol. The van der Waals surface area contributed by atoms with E-state index in [0.717, 1.165) is 25.7 Å². The number of likely N-dealkylation sites (tertiary alicyclic amines) is 1. The van der Waals surface area contributed by atoms with Crippen LogP contribution in [0.25, 0.3) is 0 Å². The fourth-order valence-electron chi connectivity index (χ4n) is 3.69. The van der Waals surface area contributed by atoms with E-state index in [1.165, 1.54) is 0 Å². The topological polar surface area (TPSA) is 46.6 Å². The molecule has 1 saturated heterocycles. The number of fused-ring (bicyclic) bond motifs is 1. The molecule has 1 amide bonds. The molecular formula is C16H27NO3. The first kappa shape index (κ1) is 15.3. The lowest BCUT2D eigenvalue weighted by Gasteiger charge is -2.51. The van der Waals surface area contributed by atoms with Crippen molar-refractivity contribution in [3.05, 3.63) is 0 Å². The predicted octanol–water partition coefficient (Wildman–Crippen LogP) is 3.39. The van der Waals surface area contributed by atoms with Gasteiger partial charge in [-0.2, -0.15) is 0 Å². The summed E-state index contributed by atoms with van der Waals surface area (Å²) >= 11 is 0. The molecule has 0 radical (unpaired) electrons. The van der Waals surface area contributed by atoms with Gasteiger partial charge in [-0.25, -0.2) is 4.79 Å². The van der Waals surface area contributed by atoms with Gasteiger partial charge in [-0.3, -0.25) is 4.79 Å². The molecule has 0 aromatic carbocycles. The van der Waals surface area contributed by atoms with Gasteiger partial charge in [0.25, 0.3) is 0 Å². The molecule has 0 bridgehead atoms. The molecule has 1 aliphatic carbocycles. The summed E-state index contributed by atoms with van der Waals surface area (Å²) in [4.78, 5) is 26.8. The van der Waals surface area contributed by atoms with Gasteiger partial charge in [-0.05, 0) is 46.5 Å². The largest absolute Gasteiger partial charge is 0.444 e. The molecule has 2 fully saturated rings. The molecule has 1 heterocycles. The van der Waals surface area contributed by atoms with E-state index in [-0.39, 0.29) is 23.5 Å². The van der Waals surface area contributed by atoms with E-state index >= 15 is 0 Å². The van der Waals surface area contributed by atoms with Crippen LogP contribution < -0.4 is 0 Å². The summed E-state index contributed by atoms with van der Waals surface area (Å²) in [5, 5.41) is 0. The van der Waals surface area contributed by atoms with Crippen molar-refractivity contribution in [1.29, 1.82) is 0 Å². The van der Waals surface area contributed by atoms with Crippen LogP contribution in [0.5, 0.6) is 0 Å². The van der Waals surface area contributed by atoms with Gasteiger partial charge in [0.15, 0.2) is 0 Å². The van der Waals surface area contributed by atoms with E-state index < -0.39 is 5.60 Å². The van der Waals surface area contributed by atoms with E-state index in [1.807, 2.05) is 34.6 Å². The van der Waals surface area contributed by atoms with Crippen molar-refractivity contribution in [2.45, 2.75) is 71.9 Å². The maximum atomic E-state index is 12.6. The molecular weight excluding hydrogens is 254 g/mol. The number of nitrogens with zero attached hydrogens (tertiary/aromatic N) is 1. The molecule has 1 saturated carbocycles. The highest BCUT2D eigenvalue weighted by Crippen LogP contribution is 2.45. The van der Waals surface area contributed by atoms with Crippen LogP contribution in [0.3, 0.4) is 0 Å². The first-order valence-electron chi connectivity index (χ1n) is 7.69. The number of piperidine rings is 1. The summed E-state index contributed by atoms with van der Waals surface area (Å²) in [6.45, 7) is 10.4. The molecule has 0 aromatic rings. The molecule has 3 atom stereocenters. The number of hydrogen-bond donors (Lipinski definition) is 0. The van der Waals surface area contributed by atoms with Crippen molar-refractivity contribution in [2.24, 2.45) is 11.3 Å². The lowest BCUT2D eigenvalue weighted by atomic mass is 9.62. The van der Waals surface area contributed by atoms with Crippen LogP contribution in [0.1, 0.15) is 60.3 Å². The summed E-state index contributed by atoms with van der Waals surface area (Å²) in [7, 11) is 0. The summed E-state index contributed by atoms with van der Waals surface area (Å²) in [6, 6.07) is 0.00907. The molecule has 1 unspecified atom stereocenters. The molecule has 0 N–H and O–H groups in total. The van der Waals surface area contributed by atoms with E-state index in [2.05, 4.69) is 0 Å². The lowest BCUT2D eigenvalue weighted by Crippen LogP contribution is -2.60. The second-order valence-electron chi connectivity index (χ2n) is 7.55. The second kappa shape index (κ2) is 5.05. The van der Waals surface area contributed by atoms with Crippen molar-refractivity contribution < 1.29 is 14.3 Å². The van der Waals surface area contributed by atoms with E-state index in [9.17, 15) is 9.59 Å². The number of ether oxygens (including phenoxy) is 1. The van der Waals surface area contributed by atoms with Gasteiger partial charge in [0.05, 0.1) is 0 Å². The Balaban J connectivity index is 2.20. The first-order valence-corrected chi connectivity index (χ1v) is 7.69. The van der Waals surface area contributed by atoms with Crippen LogP contribution in [0.4, 0.5) is 4.79 Å². The van der Waals surface area contributed by atoms with Crippen LogP contribution in [0.2, 0.25) is 0 Å². The Bertz CT molecular complexity index is 412. The van der Waals surface area contributed by atoms with E-state index in [0.29, 0.717) is 12.3 Å². The minimum atomic E-state index is -0.489. The maximum absolute atomic E-state index is 12.6. The summed E-state index contributed by atoms with van der Waals surface area (Å²) < 4.78 is 5.51. The highest BCUT2D eigenvalue weighted by atomic mass is 16.6. The minimum absolute atomic E-state index is 0.00907. The summed E-state index contributed by atoms with van der Waals surface area (Å²) in [5.74, 6) is 0.442. The van der Waals surface area contributed by atoms with Gasteiger partial charge in [0.1, 0.15) is 11.4 Å². The molecule has 114 valence electrons. The van der Waals surface area contributed by atoms with Crippen molar-refractivity contribution >= 4 is 11.9 Å². The van der Waals surface area contributed by atoms with Crippen LogP contribution in [0.15, 0.2) is 0 Å². The standard InChI is InChI=1S/C16H27NO3/c1-11-7-8-12-16(5,13(11)18)9-6-10-17(12)14(19)20-15(2,3)4/h11-12H,6-10H2,1-5H3/t11?,12-,16+/m1/s1. The number of carbonyl (C=O) groups excluding carboxylic acids is 2. The SMILES string of the molecule is CC1CC[C@H]2N(C(=O)OC(C)(C)C)CCC[C@]2(C)C1=O. The molecule has 4 heteroatoms. The number of hydrogen-bond acceptors (Lipinski definition) is 3. The number of amides is 1. The molecule has 2 aliphatic rings. The van der Waals surface area contributed by atoms with Crippen molar-refractivity contribution in [3.63, 3.8) is 0 Å². The van der Waals surface area contributed by atoms with Gasteiger partial charge >= 0.3 is 6.09 Å². The predicted molar refractivity (Wildman–Crippen MR) is 77.5 cm³/mol. The summed E-state index contributed by atoms with van der Waals surface area (Å²) in [6.07, 6.45) is 3.28. The number of Topliss-reactive ketones (excluding diaryl/α,β-unsaturated/α-hetero) is 1.